The van der Waals surface area contributed by atoms with Crippen LogP contribution in [-0.4, -0.2) is 57.3 Å². The van der Waals surface area contributed by atoms with Gasteiger partial charge in [0.15, 0.2) is 0 Å². The van der Waals surface area contributed by atoms with E-state index in [2.05, 4.69) is 9.62 Å². The van der Waals surface area contributed by atoms with Crippen LogP contribution in [0.3, 0.4) is 0 Å². The Morgan fingerprint density at radius 2 is 2.10 bits per heavy atom. The van der Waals surface area contributed by atoms with E-state index in [1.165, 1.54) is 24.3 Å². The van der Waals surface area contributed by atoms with Crippen molar-refractivity contribution in [2.24, 2.45) is 0 Å². The SMILES string of the molecule is CC(CN1CCOCC1)NS(=O)(=O)c1cccc(O)c1. The zero-order valence-electron chi connectivity index (χ0n) is 11.4. The molecule has 0 aliphatic carbocycles. The average Bonchev–Trinajstić information content (AvgIpc) is 2.39. The molecule has 2 rings (SSSR count). The van der Waals surface area contributed by atoms with Crippen molar-refractivity contribution < 1.29 is 18.3 Å². The number of nitrogens with one attached hydrogen (secondary N) is 1. The molecule has 0 saturated carbocycles. The first-order chi connectivity index (χ1) is 9.47. The average molecular weight is 300 g/mol. The molecule has 1 aromatic carbocycles. The number of phenols is 1. The topological polar surface area (TPSA) is 78.9 Å². The third kappa shape index (κ3) is 4.17. The molecule has 6 nitrogen and oxygen atoms in total. The summed E-state index contributed by atoms with van der Waals surface area (Å²) in [7, 11) is -3.60. The number of aromatic hydroxyl groups is 1. The number of rotatable bonds is 5. The van der Waals surface area contributed by atoms with Crippen LogP contribution in [0, 0.1) is 0 Å². The largest absolute Gasteiger partial charge is 0.508 e. The van der Waals surface area contributed by atoms with Gasteiger partial charge in [-0.05, 0) is 25.1 Å². The van der Waals surface area contributed by atoms with E-state index in [1.807, 2.05) is 6.92 Å². The summed E-state index contributed by atoms with van der Waals surface area (Å²) in [6, 6.07) is 5.44. The molecule has 0 aromatic heterocycles. The second-order valence-corrected chi connectivity index (χ2v) is 6.65. The third-order valence-corrected chi connectivity index (χ3v) is 4.71. The fraction of sp³-hybridized carbons (Fsp3) is 0.538. The fourth-order valence-corrected chi connectivity index (χ4v) is 3.47. The highest BCUT2D eigenvalue weighted by atomic mass is 32.2. The Morgan fingerprint density at radius 1 is 1.40 bits per heavy atom. The second-order valence-electron chi connectivity index (χ2n) is 4.93. The molecule has 1 aliphatic rings. The maximum absolute atomic E-state index is 12.2. The Hall–Kier alpha value is -1.15. The maximum atomic E-state index is 12.2. The number of hydrogen-bond acceptors (Lipinski definition) is 5. The minimum absolute atomic E-state index is 0.0614. The van der Waals surface area contributed by atoms with Crippen LogP contribution < -0.4 is 4.72 Å². The molecule has 1 aromatic rings. The predicted molar refractivity (Wildman–Crippen MR) is 75.1 cm³/mol. The number of sulfonamides is 1. The van der Waals surface area contributed by atoms with Crippen LogP contribution >= 0.6 is 0 Å². The zero-order valence-corrected chi connectivity index (χ0v) is 12.3. The van der Waals surface area contributed by atoms with Crippen molar-refractivity contribution in [1.29, 1.82) is 0 Å². The molecule has 1 unspecified atom stereocenters. The van der Waals surface area contributed by atoms with E-state index < -0.39 is 10.0 Å². The molecule has 1 aliphatic heterocycles. The first-order valence-corrected chi connectivity index (χ1v) is 8.07. The normalized spacial score (nSPS) is 18.9. The zero-order chi connectivity index (χ0) is 14.6. The molecule has 0 spiro atoms. The predicted octanol–water partition coefficient (Wildman–Crippen LogP) is 0.391. The first-order valence-electron chi connectivity index (χ1n) is 6.59. The molecular weight excluding hydrogens is 280 g/mol. The smallest absolute Gasteiger partial charge is 0.240 e. The summed E-state index contributed by atoms with van der Waals surface area (Å²) < 4.78 is 32.2. The molecule has 7 heteroatoms. The van der Waals surface area contributed by atoms with Gasteiger partial charge in [0.2, 0.25) is 10.0 Å². The highest BCUT2D eigenvalue weighted by molar-refractivity contribution is 7.89. The Morgan fingerprint density at radius 3 is 2.75 bits per heavy atom. The van der Waals surface area contributed by atoms with Gasteiger partial charge in [0, 0.05) is 25.7 Å². The van der Waals surface area contributed by atoms with Crippen molar-refractivity contribution in [1.82, 2.24) is 9.62 Å². The Balaban J connectivity index is 1.97. The van der Waals surface area contributed by atoms with Gasteiger partial charge < -0.3 is 9.84 Å². The minimum Gasteiger partial charge on any atom is -0.508 e. The number of ether oxygens (including phenoxy) is 1. The standard InChI is InChI=1S/C13H20N2O4S/c1-11(10-15-5-7-19-8-6-15)14-20(17,18)13-4-2-3-12(16)9-13/h2-4,9,11,14,16H,5-8,10H2,1H3. The first kappa shape index (κ1) is 15.2. The van der Waals surface area contributed by atoms with Gasteiger partial charge >= 0.3 is 0 Å². The summed E-state index contributed by atoms with van der Waals surface area (Å²) in [5, 5.41) is 9.36. The van der Waals surface area contributed by atoms with Gasteiger partial charge in [-0.15, -0.1) is 0 Å². The lowest BCUT2D eigenvalue weighted by atomic mass is 10.3. The molecule has 0 amide bonds. The van der Waals surface area contributed by atoms with Crippen LogP contribution in [-0.2, 0) is 14.8 Å². The van der Waals surface area contributed by atoms with E-state index in [4.69, 9.17) is 4.74 Å². The second kappa shape index (κ2) is 6.53. The van der Waals surface area contributed by atoms with Crippen molar-refractivity contribution in [2.45, 2.75) is 17.9 Å². The lowest BCUT2D eigenvalue weighted by Crippen LogP contribution is -2.45. The maximum Gasteiger partial charge on any atom is 0.240 e. The lowest BCUT2D eigenvalue weighted by molar-refractivity contribution is 0.0354. The lowest BCUT2D eigenvalue weighted by Gasteiger charge is -2.29. The van der Waals surface area contributed by atoms with E-state index in [0.717, 1.165) is 13.1 Å². The summed E-state index contributed by atoms with van der Waals surface area (Å²) in [6.45, 7) is 5.48. The van der Waals surface area contributed by atoms with Crippen LogP contribution in [0.5, 0.6) is 5.75 Å². The van der Waals surface area contributed by atoms with Crippen molar-refractivity contribution in [2.75, 3.05) is 32.8 Å². The van der Waals surface area contributed by atoms with Crippen LogP contribution in [0.15, 0.2) is 29.2 Å². The molecule has 1 heterocycles. The van der Waals surface area contributed by atoms with Gasteiger partial charge in [-0.1, -0.05) is 6.07 Å². The molecule has 112 valence electrons. The summed E-state index contributed by atoms with van der Waals surface area (Å²) in [5.74, 6) is -0.0614. The third-order valence-electron chi connectivity index (χ3n) is 3.12. The number of morpholine rings is 1. The van der Waals surface area contributed by atoms with E-state index in [9.17, 15) is 13.5 Å². The van der Waals surface area contributed by atoms with E-state index in [1.54, 1.807) is 0 Å². The highest BCUT2D eigenvalue weighted by Crippen LogP contribution is 2.16. The van der Waals surface area contributed by atoms with Crippen molar-refractivity contribution >= 4 is 10.0 Å². The molecule has 0 bridgehead atoms. The van der Waals surface area contributed by atoms with Gasteiger partial charge in [0.25, 0.3) is 0 Å². The van der Waals surface area contributed by atoms with Crippen molar-refractivity contribution in [3.8, 4) is 5.75 Å². The summed E-state index contributed by atoms with van der Waals surface area (Å²) in [5.41, 5.74) is 0. The van der Waals surface area contributed by atoms with Gasteiger partial charge in [-0.25, -0.2) is 13.1 Å². The van der Waals surface area contributed by atoms with E-state index in [-0.39, 0.29) is 16.7 Å². The summed E-state index contributed by atoms with van der Waals surface area (Å²) in [4.78, 5) is 2.24. The molecule has 0 radical (unpaired) electrons. The Labute approximate surface area is 119 Å². The summed E-state index contributed by atoms with van der Waals surface area (Å²) >= 11 is 0. The molecule has 1 atom stereocenters. The Kier molecular flexibility index (Phi) is 4.98. The van der Waals surface area contributed by atoms with Gasteiger partial charge in [-0.3, -0.25) is 4.90 Å². The van der Waals surface area contributed by atoms with Gasteiger partial charge in [0.05, 0.1) is 18.1 Å². The van der Waals surface area contributed by atoms with Crippen LogP contribution in [0.2, 0.25) is 0 Å². The highest BCUT2D eigenvalue weighted by Gasteiger charge is 2.20. The molecular formula is C13H20N2O4S. The quantitative estimate of drug-likeness (QED) is 0.822. The van der Waals surface area contributed by atoms with E-state index in [0.29, 0.717) is 19.8 Å². The van der Waals surface area contributed by atoms with Gasteiger partial charge in [-0.2, -0.15) is 0 Å². The van der Waals surface area contributed by atoms with Crippen molar-refractivity contribution in [3.05, 3.63) is 24.3 Å². The van der Waals surface area contributed by atoms with Crippen LogP contribution in [0.1, 0.15) is 6.92 Å². The fourth-order valence-electron chi connectivity index (χ4n) is 2.19. The monoisotopic (exact) mass is 300 g/mol. The van der Waals surface area contributed by atoms with Gasteiger partial charge in [0.1, 0.15) is 5.75 Å². The molecule has 2 N–H and O–H groups in total. The minimum atomic E-state index is -3.60. The molecule has 20 heavy (non-hydrogen) atoms. The number of hydrogen-bond donors (Lipinski definition) is 2. The van der Waals surface area contributed by atoms with Crippen LogP contribution in [0.4, 0.5) is 0 Å². The van der Waals surface area contributed by atoms with Crippen LogP contribution in [0.25, 0.3) is 0 Å². The Bertz CT molecular complexity index is 541. The molecule has 1 fully saturated rings. The number of phenolic OH excluding ortho intramolecular Hbond substituents is 1. The summed E-state index contributed by atoms with van der Waals surface area (Å²) in [6.07, 6.45) is 0. The van der Waals surface area contributed by atoms with Crippen molar-refractivity contribution in [3.63, 3.8) is 0 Å². The van der Waals surface area contributed by atoms with E-state index >= 15 is 0 Å². The number of nitrogens with zero attached hydrogens (tertiary/aromatic N) is 1. The number of benzene rings is 1. The molecule has 1 saturated heterocycles.